The third-order valence-electron chi connectivity index (χ3n) is 8.42. The van der Waals surface area contributed by atoms with Crippen LogP contribution >= 0.6 is 0 Å². The van der Waals surface area contributed by atoms with E-state index in [-0.39, 0.29) is 12.5 Å². The Hall–Kier alpha value is -5.03. The first-order valence-corrected chi connectivity index (χ1v) is 18.3. The van der Waals surface area contributed by atoms with Gasteiger partial charge in [0.05, 0.1) is 24.5 Å². The fourth-order valence-corrected chi connectivity index (χ4v) is 6.55. The molecule has 1 aliphatic rings. The van der Waals surface area contributed by atoms with Crippen LogP contribution in [0.15, 0.2) is 97.1 Å². The number of nitrogens with zero attached hydrogens (tertiary/aromatic N) is 2. The van der Waals surface area contributed by atoms with Gasteiger partial charge in [0.2, 0.25) is 15.9 Å². The van der Waals surface area contributed by atoms with Crippen molar-refractivity contribution in [2.24, 2.45) is 5.92 Å². The summed E-state index contributed by atoms with van der Waals surface area (Å²) < 4.78 is 38.6. The van der Waals surface area contributed by atoms with E-state index in [4.69, 9.17) is 9.47 Å². The van der Waals surface area contributed by atoms with Gasteiger partial charge in [-0.05, 0) is 79.3 Å². The number of likely N-dealkylation sites (tertiary alicyclic amines) is 1. The summed E-state index contributed by atoms with van der Waals surface area (Å²) in [5, 5.41) is 9.28. The number of hydrogen-bond acceptors (Lipinski definition) is 7. The lowest BCUT2D eigenvalue weighted by Gasteiger charge is -2.30. The molecular weight excluding hydrogens is 642 g/mol. The number of ether oxygens (including phenoxy) is 2. The van der Waals surface area contributed by atoms with Crippen molar-refractivity contribution in [3.05, 3.63) is 114 Å². The maximum Gasteiger partial charge on any atom is 0.308 e. The number of benzene rings is 4. The Labute approximate surface area is 288 Å². The summed E-state index contributed by atoms with van der Waals surface area (Å²) in [6.07, 6.45) is 3.30. The van der Waals surface area contributed by atoms with E-state index in [0.29, 0.717) is 74.9 Å². The number of hydrogen-bond donors (Lipinski definition) is 2. The lowest BCUT2D eigenvalue weighted by atomic mass is 9.98. The van der Waals surface area contributed by atoms with Crippen molar-refractivity contribution in [3.8, 4) is 17.2 Å². The van der Waals surface area contributed by atoms with Gasteiger partial charge in [-0.15, -0.1) is 0 Å². The van der Waals surface area contributed by atoms with Crippen molar-refractivity contribution in [1.82, 2.24) is 4.90 Å². The van der Waals surface area contributed by atoms with E-state index in [2.05, 4.69) is 21.8 Å². The molecular formula is C38H43N3O7S. The van der Waals surface area contributed by atoms with Crippen LogP contribution in [0.4, 0.5) is 11.4 Å². The molecule has 258 valence electrons. The van der Waals surface area contributed by atoms with Crippen LogP contribution in [-0.2, 0) is 32.7 Å². The summed E-state index contributed by atoms with van der Waals surface area (Å²) in [4.78, 5) is 27.8. The molecule has 0 bridgehead atoms. The van der Waals surface area contributed by atoms with Crippen LogP contribution < -0.4 is 19.1 Å². The molecule has 0 aromatic heterocycles. The Kier molecular flexibility index (Phi) is 11.8. The summed E-state index contributed by atoms with van der Waals surface area (Å²) >= 11 is 0. The molecule has 5 rings (SSSR count). The normalized spacial score (nSPS) is 14.6. The fourth-order valence-electron chi connectivity index (χ4n) is 5.93. The Morgan fingerprint density at radius 2 is 1.59 bits per heavy atom. The second kappa shape index (κ2) is 16.4. The highest BCUT2D eigenvalue weighted by Crippen LogP contribution is 2.31. The van der Waals surface area contributed by atoms with Gasteiger partial charge in [0.15, 0.2) is 0 Å². The van der Waals surface area contributed by atoms with Crippen molar-refractivity contribution in [2.75, 3.05) is 35.6 Å². The van der Waals surface area contributed by atoms with Gasteiger partial charge in [-0.2, -0.15) is 0 Å². The van der Waals surface area contributed by atoms with Crippen LogP contribution in [0.3, 0.4) is 0 Å². The van der Waals surface area contributed by atoms with E-state index >= 15 is 0 Å². The predicted octanol–water partition coefficient (Wildman–Crippen LogP) is 6.85. The van der Waals surface area contributed by atoms with E-state index in [1.807, 2.05) is 79.7 Å². The van der Waals surface area contributed by atoms with E-state index in [1.165, 1.54) is 0 Å². The van der Waals surface area contributed by atoms with Gasteiger partial charge in [-0.1, -0.05) is 54.6 Å². The maximum absolute atomic E-state index is 12.6. The van der Waals surface area contributed by atoms with Crippen LogP contribution in [0.2, 0.25) is 0 Å². The molecule has 11 heteroatoms. The van der Waals surface area contributed by atoms with Crippen molar-refractivity contribution >= 4 is 33.3 Å². The highest BCUT2D eigenvalue weighted by Gasteiger charge is 2.27. The summed E-state index contributed by atoms with van der Waals surface area (Å²) in [6.45, 7) is 4.37. The highest BCUT2D eigenvalue weighted by molar-refractivity contribution is 7.92. The highest BCUT2D eigenvalue weighted by atomic mass is 32.2. The van der Waals surface area contributed by atoms with Gasteiger partial charge in [-0.3, -0.25) is 14.3 Å². The number of anilines is 2. The minimum Gasteiger partial charge on any atom is -0.493 e. The Bertz CT molecular complexity index is 1830. The van der Waals surface area contributed by atoms with Crippen LogP contribution in [0, 0.1) is 12.8 Å². The van der Waals surface area contributed by atoms with Gasteiger partial charge in [-0.25, -0.2) is 8.42 Å². The van der Waals surface area contributed by atoms with Crippen LogP contribution in [0.1, 0.15) is 42.4 Å². The molecule has 49 heavy (non-hydrogen) atoms. The van der Waals surface area contributed by atoms with Crippen molar-refractivity contribution in [3.63, 3.8) is 0 Å². The molecule has 1 heterocycles. The lowest BCUT2D eigenvalue weighted by Crippen LogP contribution is -2.42. The second-order valence-corrected chi connectivity index (χ2v) is 14.1. The first-order valence-electron chi connectivity index (χ1n) is 16.4. The third kappa shape index (κ3) is 10.5. The summed E-state index contributed by atoms with van der Waals surface area (Å²) in [7, 11) is -3.43. The molecule has 0 spiro atoms. The predicted molar refractivity (Wildman–Crippen MR) is 191 cm³/mol. The molecule has 1 unspecified atom stereocenters. The van der Waals surface area contributed by atoms with E-state index in [9.17, 15) is 23.1 Å². The minimum absolute atomic E-state index is 0.0362. The molecule has 0 radical (unpaired) electrons. The zero-order valence-corrected chi connectivity index (χ0v) is 28.7. The largest absolute Gasteiger partial charge is 0.493 e. The molecule has 1 aliphatic heterocycles. The Morgan fingerprint density at radius 1 is 0.898 bits per heavy atom. The van der Waals surface area contributed by atoms with Crippen LogP contribution in [-0.4, -0.2) is 56.3 Å². The molecule has 0 aliphatic carbocycles. The number of nitrogens with one attached hydrogen (secondary N) is 1. The second-order valence-electron chi connectivity index (χ2n) is 12.4. The Morgan fingerprint density at radius 3 is 2.31 bits per heavy atom. The summed E-state index contributed by atoms with van der Waals surface area (Å²) in [5.74, 6) is 0.547. The monoisotopic (exact) mass is 685 g/mol. The third-order valence-corrected chi connectivity index (χ3v) is 9.01. The molecule has 4 aromatic rings. The van der Waals surface area contributed by atoms with Gasteiger partial charge < -0.3 is 24.4 Å². The van der Waals surface area contributed by atoms with Gasteiger partial charge in [0.1, 0.15) is 17.2 Å². The van der Waals surface area contributed by atoms with E-state index in [1.54, 1.807) is 17.0 Å². The molecule has 0 saturated carbocycles. The average molecular weight is 686 g/mol. The topological polar surface area (TPSA) is 125 Å². The van der Waals surface area contributed by atoms with E-state index in [0.717, 1.165) is 28.6 Å². The van der Waals surface area contributed by atoms with Crippen molar-refractivity contribution < 1.29 is 32.6 Å². The number of aliphatic carboxylic acids is 1. The summed E-state index contributed by atoms with van der Waals surface area (Å²) in [6, 6.07) is 31.0. The van der Waals surface area contributed by atoms with Crippen molar-refractivity contribution in [2.45, 2.75) is 45.7 Å². The molecule has 10 nitrogen and oxygen atoms in total. The minimum atomic E-state index is -3.43. The maximum atomic E-state index is 12.6. The lowest BCUT2D eigenvalue weighted by molar-refractivity contribution is -0.145. The van der Waals surface area contributed by atoms with Crippen LogP contribution in [0.5, 0.6) is 17.2 Å². The standard InChI is InChI=1S/C38H43N3O7S/c1-28-35(39-49(2,45)46)15-7-16-36(28)41(25-29-10-4-3-5-11-29)26-30-18-20-32(21-19-30)48-34-14-6-13-33(24-34)47-23-9-17-37(42)40-22-8-12-31(27-40)38(43)44/h3-7,10-11,13-16,18-21,24,31,39H,8-9,12,17,22-23,25-27H2,1-2H3,(H,43,44). The number of rotatable bonds is 15. The number of carboxylic acid groups (broad SMARTS) is 1. The first-order chi connectivity index (χ1) is 23.5. The van der Waals surface area contributed by atoms with E-state index < -0.39 is 21.9 Å². The van der Waals surface area contributed by atoms with Crippen molar-refractivity contribution in [1.29, 1.82) is 0 Å². The van der Waals surface area contributed by atoms with Crippen LogP contribution in [0.25, 0.3) is 0 Å². The number of sulfonamides is 1. The number of piperidine rings is 1. The number of amides is 1. The quantitative estimate of drug-likeness (QED) is 0.130. The van der Waals surface area contributed by atoms with Gasteiger partial charge in [0.25, 0.3) is 0 Å². The molecule has 1 fully saturated rings. The number of carboxylic acids is 1. The molecule has 1 saturated heterocycles. The molecule has 1 amide bonds. The Balaban J connectivity index is 1.18. The van der Waals surface area contributed by atoms with Gasteiger partial charge in [0, 0.05) is 44.4 Å². The number of carbonyl (C=O) groups is 2. The molecule has 4 aromatic carbocycles. The summed E-state index contributed by atoms with van der Waals surface area (Å²) in [5.41, 5.74) is 4.51. The smallest absolute Gasteiger partial charge is 0.308 e. The zero-order chi connectivity index (χ0) is 34.8. The zero-order valence-electron chi connectivity index (χ0n) is 27.9. The SMILES string of the molecule is Cc1c(NS(C)(=O)=O)cccc1N(Cc1ccccc1)Cc1ccc(Oc2cccc(OCCCC(=O)N3CCCC(C(=O)O)C3)c2)cc1. The number of carbonyl (C=O) groups excluding carboxylic acids is 1. The first kappa shape index (κ1) is 35.3. The molecule has 1 atom stereocenters. The fraction of sp³-hybridized carbons (Fsp3) is 0.316. The average Bonchev–Trinajstić information content (AvgIpc) is 3.08. The molecule has 2 N–H and O–H groups in total. The van der Waals surface area contributed by atoms with Gasteiger partial charge >= 0.3 is 5.97 Å².